The van der Waals surface area contributed by atoms with Crippen LogP contribution in [0.25, 0.3) is 0 Å². The number of ether oxygens (including phenoxy) is 2. The number of rotatable bonds is 6. The second-order valence-corrected chi connectivity index (χ2v) is 4.58. The predicted molar refractivity (Wildman–Crippen MR) is 82.6 cm³/mol. The highest BCUT2D eigenvalue weighted by Crippen LogP contribution is 2.31. The Labute approximate surface area is 120 Å². The van der Waals surface area contributed by atoms with E-state index in [0.717, 1.165) is 17.2 Å². The van der Waals surface area contributed by atoms with Crippen molar-refractivity contribution < 1.29 is 9.47 Å². The van der Waals surface area contributed by atoms with E-state index in [-0.39, 0.29) is 6.04 Å². The largest absolute Gasteiger partial charge is 0.493 e. The molecule has 3 heteroatoms. The Morgan fingerprint density at radius 2 is 1.80 bits per heavy atom. The normalized spacial score (nSPS) is 11.8. The van der Waals surface area contributed by atoms with Gasteiger partial charge in [-0.1, -0.05) is 30.3 Å². The summed E-state index contributed by atoms with van der Waals surface area (Å²) in [5.74, 6) is 1.52. The van der Waals surface area contributed by atoms with E-state index in [2.05, 4.69) is 24.4 Å². The number of hydrogen-bond donors (Lipinski definition) is 1. The van der Waals surface area contributed by atoms with Gasteiger partial charge in [0.05, 0.1) is 13.7 Å². The van der Waals surface area contributed by atoms with Crippen LogP contribution in [0.4, 0.5) is 5.69 Å². The van der Waals surface area contributed by atoms with Gasteiger partial charge in [0.1, 0.15) is 0 Å². The van der Waals surface area contributed by atoms with Crippen LogP contribution in [0.3, 0.4) is 0 Å². The summed E-state index contributed by atoms with van der Waals surface area (Å²) in [7, 11) is 1.66. The number of anilines is 1. The van der Waals surface area contributed by atoms with Gasteiger partial charge in [-0.3, -0.25) is 0 Å². The van der Waals surface area contributed by atoms with Gasteiger partial charge in [0.25, 0.3) is 0 Å². The minimum atomic E-state index is 0.235. The van der Waals surface area contributed by atoms with E-state index in [9.17, 15) is 0 Å². The van der Waals surface area contributed by atoms with Crippen LogP contribution in [0.2, 0.25) is 0 Å². The Bertz CT molecular complexity index is 540. The Kier molecular flexibility index (Phi) is 4.88. The van der Waals surface area contributed by atoms with Crippen LogP contribution >= 0.6 is 0 Å². The van der Waals surface area contributed by atoms with Crippen molar-refractivity contribution in [3.63, 3.8) is 0 Å². The number of methoxy groups -OCH3 is 1. The molecule has 0 bridgehead atoms. The Hall–Kier alpha value is -2.16. The van der Waals surface area contributed by atoms with E-state index in [1.54, 1.807) is 7.11 Å². The lowest BCUT2D eigenvalue weighted by Crippen LogP contribution is -2.06. The van der Waals surface area contributed by atoms with E-state index >= 15 is 0 Å². The molecule has 0 aliphatic carbocycles. The first-order valence-electron chi connectivity index (χ1n) is 6.87. The van der Waals surface area contributed by atoms with Crippen molar-refractivity contribution in [1.82, 2.24) is 0 Å². The smallest absolute Gasteiger partial charge is 0.162 e. The Balaban J connectivity index is 2.13. The fraction of sp³-hybridized carbons (Fsp3) is 0.294. The maximum absolute atomic E-state index is 5.52. The number of nitrogens with one attached hydrogen (secondary N) is 1. The quantitative estimate of drug-likeness (QED) is 0.851. The van der Waals surface area contributed by atoms with Crippen LogP contribution in [0.5, 0.6) is 11.5 Å². The maximum atomic E-state index is 5.52. The van der Waals surface area contributed by atoms with E-state index in [1.807, 2.05) is 43.3 Å². The first-order chi connectivity index (χ1) is 9.74. The molecule has 20 heavy (non-hydrogen) atoms. The number of benzene rings is 2. The van der Waals surface area contributed by atoms with Gasteiger partial charge in [-0.25, -0.2) is 0 Å². The van der Waals surface area contributed by atoms with Crippen molar-refractivity contribution in [1.29, 1.82) is 0 Å². The van der Waals surface area contributed by atoms with Gasteiger partial charge in [-0.2, -0.15) is 0 Å². The fourth-order valence-electron chi connectivity index (χ4n) is 2.11. The molecule has 0 heterocycles. The summed E-state index contributed by atoms with van der Waals surface area (Å²) in [6.45, 7) is 4.73. The highest BCUT2D eigenvalue weighted by atomic mass is 16.5. The molecule has 0 spiro atoms. The third-order valence-electron chi connectivity index (χ3n) is 3.15. The van der Waals surface area contributed by atoms with Crippen LogP contribution in [0.1, 0.15) is 25.5 Å². The molecule has 0 aromatic heterocycles. The van der Waals surface area contributed by atoms with Crippen LogP contribution in [-0.2, 0) is 0 Å². The van der Waals surface area contributed by atoms with Crippen molar-refractivity contribution in [3.05, 3.63) is 54.1 Å². The molecule has 0 amide bonds. The summed E-state index contributed by atoms with van der Waals surface area (Å²) in [4.78, 5) is 0. The van der Waals surface area contributed by atoms with Crippen molar-refractivity contribution in [2.45, 2.75) is 19.9 Å². The van der Waals surface area contributed by atoms with Gasteiger partial charge in [0, 0.05) is 17.8 Å². The molecule has 0 saturated carbocycles. The first-order valence-corrected chi connectivity index (χ1v) is 6.87. The third kappa shape index (κ3) is 3.44. The monoisotopic (exact) mass is 271 g/mol. The van der Waals surface area contributed by atoms with Crippen LogP contribution in [0, 0.1) is 0 Å². The van der Waals surface area contributed by atoms with Gasteiger partial charge < -0.3 is 14.8 Å². The highest BCUT2D eigenvalue weighted by molar-refractivity contribution is 5.55. The summed E-state index contributed by atoms with van der Waals surface area (Å²) in [6.07, 6.45) is 0. The van der Waals surface area contributed by atoms with Gasteiger partial charge >= 0.3 is 0 Å². The summed E-state index contributed by atoms with van der Waals surface area (Å²) in [5.41, 5.74) is 2.27. The van der Waals surface area contributed by atoms with Gasteiger partial charge in [-0.05, 0) is 31.5 Å². The SMILES string of the molecule is CCOc1ccc(NC(C)c2ccccc2)cc1OC. The fourth-order valence-corrected chi connectivity index (χ4v) is 2.11. The lowest BCUT2D eigenvalue weighted by molar-refractivity contribution is 0.311. The van der Waals surface area contributed by atoms with E-state index in [4.69, 9.17) is 9.47 Å². The molecular formula is C17H21NO2. The van der Waals surface area contributed by atoms with Crippen LogP contribution in [0.15, 0.2) is 48.5 Å². The first kappa shape index (κ1) is 14.3. The predicted octanol–water partition coefficient (Wildman–Crippen LogP) is 4.27. The van der Waals surface area contributed by atoms with E-state index < -0.39 is 0 Å². The van der Waals surface area contributed by atoms with E-state index in [1.165, 1.54) is 5.56 Å². The van der Waals surface area contributed by atoms with Gasteiger partial charge in [0.2, 0.25) is 0 Å². The Morgan fingerprint density at radius 3 is 2.45 bits per heavy atom. The van der Waals surface area contributed by atoms with Crippen LogP contribution in [-0.4, -0.2) is 13.7 Å². The highest BCUT2D eigenvalue weighted by Gasteiger charge is 2.08. The average molecular weight is 271 g/mol. The molecule has 1 unspecified atom stereocenters. The molecule has 2 aromatic rings. The molecular weight excluding hydrogens is 250 g/mol. The molecule has 0 radical (unpaired) electrons. The molecule has 1 atom stereocenters. The van der Waals surface area contributed by atoms with Crippen molar-refractivity contribution in [2.24, 2.45) is 0 Å². The summed E-state index contributed by atoms with van der Waals surface area (Å²) in [6, 6.07) is 16.5. The molecule has 0 aliphatic heterocycles. The summed E-state index contributed by atoms with van der Waals surface area (Å²) < 4.78 is 10.9. The average Bonchev–Trinajstić information content (AvgIpc) is 2.50. The molecule has 0 aliphatic rings. The van der Waals surface area contributed by atoms with Gasteiger partial charge in [-0.15, -0.1) is 0 Å². The number of hydrogen-bond acceptors (Lipinski definition) is 3. The minimum absolute atomic E-state index is 0.235. The van der Waals surface area contributed by atoms with Crippen molar-refractivity contribution in [3.8, 4) is 11.5 Å². The Morgan fingerprint density at radius 1 is 1.05 bits per heavy atom. The molecule has 1 N–H and O–H groups in total. The lowest BCUT2D eigenvalue weighted by Gasteiger charge is -2.17. The summed E-state index contributed by atoms with van der Waals surface area (Å²) in [5, 5.41) is 3.47. The topological polar surface area (TPSA) is 30.5 Å². The zero-order valence-electron chi connectivity index (χ0n) is 12.2. The second kappa shape index (κ2) is 6.85. The van der Waals surface area contributed by atoms with Crippen molar-refractivity contribution >= 4 is 5.69 Å². The molecule has 106 valence electrons. The van der Waals surface area contributed by atoms with Gasteiger partial charge in [0.15, 0.2) is 11.5 Å². The molecule has 0 fully saturated rings. The van der Waals surface area contributed by atoms with Crippen LogP contribution < -0.4 is 14.8 Å². The molecule has 2 rings (SSSR count). The summed E-state index contributed by atoms with van der Waals surface area (Å²) >= 11 is 0. The molecule has 0 saturated heterocycles. The second-order valence-electron chi connectivity index (χ2n) is 4.58. The van der Waals surface area contributed by atoms with E-state index in [0.29, 0.717) is 6.61 Å². The lowest BCUT2D eigenvalue weighted by atomic mass is 10.1. The minimum Gasteiger partial charge on any atom is -0.493 e. The standard InChI is InChI=1S/C17H21NO2/c1-4-20-16-11-10-15(12-17(16)19-3)18-13(2)14-8-6-5-7-9-14/h5-13,18H,4H2,1-3H3. The maximum Gasteiger partial charge on any atom is 0.162 e. The third-order valence-corrected chi connectivity index (χ3v) is 3.15. The molecule has 3 nitrogen and oxygen atoms in total. The zero-order valence-corrected chi connectivity index (χ0v) is 12.2. The molecule has 2 aromatic carbocycles. The zero-order chi connectivity index (χ0) is 14.4. The van der Waals surface area contributed by atoms with Crippen molar-refractivity contribution in [2.75, 3.05) is 19.0 Å².